The van der Waals surface area contributed by atoms with Crippen molar-refractivity contribution in [3.05, 3.63) is 104 Å². The molecule has 6 rings (SSSR count). The fourth-order valence-electron chi connectivity index (χ4n) is 6.32. The molecule has 0 unspecified atom stereocenters. The Morgan fingerprint density at radius 2 is 1.83 bits per heavy atom. The molecule has 3 aromatic carbocycles. The highest BCUT2D eigenvalue weighted by Gasteiger charge is 2.43. The molecule has 0 radical (unpaired) electrons. The van der Waals surface area contributed by atoms with Crippen LogP contribution in [0.25, 0.3) is 11.0 Å². The monoisotopic (exact) mass is 706 g/mol. The number of carbonyl (C=O) groups excluding carboxylic acids is 1. The van der Waals surface area contributed by atoms with Crippen LogP contribution in [0.4, 0.5) is 0 Å². The molecule has 2 aromatic heterocycles. The van der Waals surface area contributed by atoms with Gasteiger partial charge in [0.15, 0.2) is 0 Å². The van der Waals surface area contributed by atoms with Crippen LogP contribution >= 0.6 is 22.9 Å². The van der Waals surface area contributed by atoms with Gasteiger partial charge in [0.25, 0.3) is 0 Å². The van der Waals surface area contributed by atoms with E-state index in [2.05, 4.69) is 10.3 Å². The molecule has 9 nitrogen and oxygen atoms in total. The van der Waals surface area contributed by atoms with Gasteiger partial charge in [-0.3, -0.25) is 4.79 Å². The SMILES string of the molecule is CC[C@@H]1CN(Cc2cc([C@H](c3ccc4c(nnn4CC)c3C)C(C)(C)C(=O)OCc3ccccc3)sc2Cl)S(=O)(=O)c2ccccc2O1. The Hall–Kier alpha value is -3.77. The first-order valence-corrected chi connectivity index (χ1v) is 18.7. The summed E-state index contributed by atoms with van der Waals surface area (Å²) in [4.78, 5) is 14.9. The number of para-hydroxylation sites is 1. The standard InChI is InChI=1S/C36H39ClN4O5S2/c1-6-26-21-40(48(43,44)31-16-12-11-15-29(31)46-26)20-25-19-30(47-34(25)37)32(27-17-18-28-33(23(27)3)38-39-41(28)7-2)36(4,5)35(42)45-22-24-13-9-8-10-14-24/h8-19,26,32H,6-7,20-22H2,1-5H3/t26-,32+/m1/s1. The Morgan fingerprint density at radius 3 is 2.56 bits per heavy atom. The highest BCUT2D eigenvalue weighted by Crippen LogP contribution is 2.48. The number of aryl methyl sites for hydroxylation is 2. The summed E-state index contributed by atoms with van der Waals surface area (Å²) in [7, 11) is -3.88. The van der Waals surface area contributed by atoms with Gasteiger partial charge in [0, 0.05) is 23.9 Å². The number of thiophene rings is 1. The Bertz CT molecular complexity index is 2060. The molecule has 2 atom stereocenters. The van der Waals surface area contributed by atoms with Crippen LogP contribution in [0.3, 0.4) is 0 Å². The smallest absolute Gasteiger partial charge is 0.312 e. The van der Waals surface area contributed by atoms with Gasteiger partial charge >= 0.3 is 5.97 Å². The minimum Gasteiger partial charge on any atom is -0.488 e. The minimum atomic E-state index is -3.88. The number of carbonyl (C=O) groups is 1. The number of hydrogen-bond acceptors (Lipinski definition) is 8. The second-order valence-electron chi connectivity index (χ2n) is 12.6. The van der Waals surface area contributed by atoms with Crippen LogP contribution in [0.2, 0.25) is 4.34 Å². The van der Waals surface area contributed by atoms with Gasteiger partial charge in [0.1, 0.15) is 28.9 Å². The fraction of sp³-hybridized carbons (Fsp3) is 0.361. The van der Waals surface area contributed by atoms with Crippen molar-refractivity contribution in [3.8, 4) is 5.75 Å². The van der Waals surface area contributed by atoms with E-state index in [-0.39, 0.29) is 36.7 Å². The predicted octanol–water partition coefficient (Wildman–Crippen LogP) is 7.74. The van der Waals surface area contributed by atoms with Crippen molar-refractivity contribution in [2.75, 3.05) is 6.54 Å². The molecule has 48 heavy (non-hydrogen) atoms. The van der Waals surface area contributed by atoms with Crippen LogP contribution in [0, 0.1) is 12.3 Å². The van der Waals surface area contributed by atoms with E-state index < -0.39 is 21.4 Å². The third-order valence-electron chi connectivity index (χ3n) is 9.08. The van der Waals surface area contributed by atoms with Crippen LogP contribution in [0.15, 0.2) is 77.7 Å². The minimum absolute atomic E-state index is 0.0559. The van der Waals surface area contributed by atoms with E-state index in [0.29, 0.717) is 28.6 Å². The molecule has 3 heterocycles. The summed E-state index contributed by atoms with van der Waals surface area (Å²) in [5, 5.41) is 8.80. The quantitative estimate of drug-likeness (QED) is 0.137. The first-order chi connectivity index (χ1) is 22.9. The average Bonchev–Trinajstić information content (AvgIpc) is 3.64. The van der Waals surface area contributed by atoms with E-state index in [1.54, 1.807) is 24.3 Å². The van der Waals surface area contributed by atoms with Crippen LogP contribution in [0.5, 0.6) is 5.75 Å². The van der Waals surface area contributed by atoms with Crippen molar-refractivity contribution in [2.45, 2.75) is 77.7 Å². The zero-order valence-electron chi connectivity index (χ0n) is 27.6. The van der Waals surface area contributed by atoms with Crippen LogP contribution < -0.4 is 4.74 Å². The van der Waals surface area contributed by atoms with Crippen LogP contribution in [0.1, 0.15) is 67.2 Å². The lowest BCUT2D eigenvalue weighted by Crippen LogP contribution is -2.36. The van der Waals surface area contributed by atoms with Crippen molar-refractivity contribution in [1.82, 2.24) is 19.3 Å². The molecular formula is C36H39ClN4O5S2. The van der Waals surface area contributed by atoms with Gasteiger partial charge in [-0.2, -0.15) is 4.31 Å². The summed E-state index contributed by atoms with van der Waals surface area (Å²) in [6.45, 7) is 10.8. The second kappa shape index (κ2) is 13.6. The molecule has 0 saturated heterocycles. The van der Waals surface area contributed by atoms with Crippen LogP contribution in [-0.4, -0.2) is 46.3 Å². The van der Waals surface area contributed by atoms with Gasteiger partial charge in [-0.25, -0.2) is 13.1 Å². The molecule has 12 heteroatoms. The van der Waals surface area contributed by atoms with E-state index in [0.717, 1.165) is 32.6 Å². The summed E-state index contributed by atoms with van der Waals surface area (Å²) in [6.07, 6.45) is 0.312. The first-order valence-electron chi connectivity index (χ1n) is 16.0. The van der Waals surface area contributed by atoms with Gasteiger partial charge in [0.05, 0.1) is 21.8 Å². The molecule has 0 saturated carbocycles. The third-order valence-corrected chi connectivity index (χ3v) is 12.4. The van der Waals surface area contributed by atoms with Gasteiger partial charge in [-0.15, -0.1) is 16.4 Å². The Labute approximate surface area is 290 Å². The summed E-state index contributed by atoms with van der Waals surface area (Å²) < 4.78 is 43.6. The fourth-order valence-corrected chi connectivity index (χ4v) is 9.48. The maximum Gasteiger partial charge on any atom is 0.312 e. The maximum absolute atomic E-state index is 14.0. The molecule has 0 spiro atoms. The maximum atomic E-state index is 14.0. The van der Waals surface area contributed by atoms with E-state index in [1.165, 1.54) is 15.6 Å². The normalized spacial score (nSPS) is 17.0. The molecule has 0 N–H and O–H groups in total. The lowest BCUT2D eigenvalue weighted by atomic mass is 9.72. The van der Waals surface area contributed by atoms with Gasteiger partial charge in [-0.05, 0) is 80.6 Å². The number of halogens is 1. The lowest BCUT2D eigenvalue weighted by Gasteiger charge is -2.33. The van der Waals surface area contributed by atoms with Gasteiger partial charge < -0.3 is 9.47 Å². The Kier molecular flexibility index (Phi) is 9.68. The number of ether oxygens (including phenoxy) is 2. The van der Waals surface area contributed by atoms with Crippen molar-refractivity contribution in [1.29, 1.82) is 0 Å². The zero-order chi connectivity index (χ0) is 34.2. The number of sulfonamides is 1. The molecule has 0 aliphatic carbocycles. The summed E-state index contributed by atoms with van der Waals surface area (Å²) in [5.74, 6) is -0.499. The number of hydrogen-bond donors (Lipinski definition) is 0. The number of rotatable bonds is 10. The third kappa shape index (κ3) is 6.36. The average molecular weight is 707 g/mol. The number of esters is 1. The number of nitrogens with zero attached hydrogens (tertiary/aromatic N) is 4. The molecule has 1 aliphatic heterocycles. The zero-order valence-corrected chi connectivity index (χ0v) is 30.0. The van der Waals surface area contributed by atoms with E-state index in [4.69, 9.17) is 21.1 Å². The molecule has 1 aliphatic rings. The van der Waals surface area contributed by atoms with E-state index in [9.17, 15) is 13.2 Å². The molecular weight excluding hydrogens is 668 g/mol. The Balaban J connectivity index is 1.41. The lowest BCUT2D eigenvalue weighted by molar-refractivity contribution is -0.156. The van der Waals surface area contributed by atoms with Crippen molar-refractivity contribution in [3.63, 3.8) is 0 Å². The summed E-state index contributed by atoms with van der Waals surface area (Å²) >= 11 is 8.30. The largest absolute Gasteiger partial charge is 0.488 e. The van der Waals surface area contributed by atoms with Crippen molar-refractivity contribution < 1.29 is 22.7 Å². The number of fused-ring (bicyclic) bond motifs is 2. The van der Waals surface area contributed by atoms with Crippen molar-refractivity contribution >= 4 is 50.0 Å². The molecule has 0 amide bonds. The summed E-state index contributed by atoms with van der Waals surface area (Å²) in [6, 6.07) is 22.3. The topological polar surface area (TPSA) is 104 Å². The van der Waals surface area contributed by atoms with Gasteiger partial charge in [0.2, 0.25) is 10.0 Å². The molecule has 252 valence electrons. The molecule has 0 bridgehead atoms. The number of aromatic nitrogens is 3. The highest BCUT2D eigenvalue weighted by atomic mass is 35.5. The van der Waals surface area contributed by atoms with E-state index in [1.807, 2.05) is 87.8 Å². The van der Waals surface area contributed by atoms with Crippen molar-refractivity contribution in [2.24, 2.45) is 5.41 Å². The molecule has 5 aromatic rings. The number of benzene rings is 3. The highest BCUT2D eigenvalue weighted by molar-refractivity contribution is 7.89. The predicted molar refractivity (Wildman–Crippen MR) is 188 cm³/mol. The second-order valence-corrected chi connectivity index (χ2v) is 16.2. The Morgan fingerprint density at radius 1 is 1.10 bits per heavy atom. The summed E-state index contributed by atoms with van der Waals surface area (Å²) in [5.41, 5.74) is 3.97. The van der Waals surface area contributed by atoms with E-state index >= 15 is 0 Å². The first kappa shape index (κ1) is 34.1. The van der Waals surface area contributed by atoms with Crippen LogP contribution in [-0.2, 0) is 39.3 Å². The molecule has 0 fully saturated rings. The van der Waals surface area contributed by atoms with Gasteiger partial charge in [-0.1, -0.05) is 72.3 Å².